The predicted octanol–water partition coefficient (Wildman–Crippen LogP) is 3.47. The summed E-state index contributed by atoms with van der Waals surface area (Å²) in [6, 6.07) is 6.79. The van der Waals surface area contributed by atoms with E-state index in [0.29, 0.717) is 0 Å². The van der Waals surface area contributed by atoms with Gasteiger partial charge in [-0.1, -0.05) is 20.8 Å². The Bertz CT molecular complexity index is 362. The monoisotopic (exact) mass is 236 g/mol. The van der Waals surface area contributed by atoms with Gasteiger partial charge < -0.3 is 4.90 Å². The number of nitro benzene ring substituents is 1. The molecular formula is C13H20N2O2. The molecule has 1 heterocycles. The maximum atomic E-state index is 10.5. The van der Waals surface area contributed by atoms with Crippen molar-refractivity contribution < 1.29 is 4.92 Å². The van der Waals surface area contributed by atoms with Gasteiger partial charge in [0.05, 0.1) is 4.92 Å². The molecule has 0 spiro atoms. The van der Waals surface area contributed by atoms with E-state index in [-0.39, 0.29) is 10.6 Å². The van der Waals surface area contributed by atoms with Crippen LogP contribution in [0.25, 0.3) is 0 Å². The normalized spacial score (nSPS) is 18.5. The number of nitro groups is 1. The minimum Gasteiger partial charge on any atom is -0.371 e. The fourth-order valence-corrected chi connectivity index (χ4v) is 1.95. The third-order valence-corrected chi connectivity index (χ3v) is 2.85. The smallest absolute Gasteiger partial charge is 0.269 e. The zero-order chi connectivity index (χ0) is 12.8. The van der Waals surface area contributed by atoms with E-state index in [2.05, 4.69) is 11.8 Å². The second-order valence-corrected chi connectivity index (χ2v) is 4.11. The van der Waals surface area contributed by atoms with E-state index in [1.165, 1.54) is 6.42 Å². The minimum absolute atomic E-state index is 0.158. The Morgan fingerprint density at radius 1 is 1.29 bits per heavy atom. The predicted molar refractivity (Wildman–Crippen MR) is 70.4 cm³/mol. The van der Waals surface area contributed by atoms with E-state index < -0.39 is 0 Å². The highest BCUT2D eigenvalue weighted by Crippen LogP contribution is 2.25. The summed E-state index contributed by atoms with van der Waals surface area (Å²) in [6.07, 6.45) is 1.21. The zero-order valence-corrected chi connectivity index (χ0v) is 10.7. The Morgan fingerprint density at radius 3 is 2.29 bits per heavy atom. The summed E-state index contributed by atoms with van der Waals surface area (Å²) < 4.78 is 0. The molecule has 1 unspecified atom stereocenters. The molecule has 1 atom stereocenters. The molecule has 1 saturated heterocycles. The molecule has 94 valence electrons. The SMILES string of the molecule is CC.CC1CCN(c2ccc([N+](=O)[O-])cc2)C1. The molecule has 17 heavy (non-hydrogen) atoms. The summed E-state index contributed by atoms with van der Waals surface area (Å²) in [5.74, 6) is 0.722. The van der Waals surface area contributed by atoms with Crippen LogP contribution < -0.4 is 4.90 Å². The van der Waals surface area contributed by atoms with Crippen molar-refractivity contribution in [3.63, 3.8) is 0 Å². The van der Waals surface area contributed by atoms with Crippen LogP contribution in [-0.4, -0.2) is 18.0 Å². The largest absolute Gasteiger partial charge is 0.371 e. The molecule has 0 saturated carbocycles. The first-order valence-electron chi connectivity index (χ1n) is 6.16. The molecule has 1 aliphatic rings. The van der Waals surface area contributed by atoms with Crippen LogP contribution in [0.15, 0.2) is 24.3 Å². The third-order valence-electron chi connectivity index (χ3n) is 2.85. The van der Waals surface area contributed by atoms with E-state index in [0.717, 1.165) is 24.7 Å². The summed E-state index contributed by atoms with van der Waals surface area (Å²) in [7, 11) is 0. The summed E-state index contributed by atoms with van der Waals surface area (Å²) in [4.78, 5) is 12.4. The van der Waals surface area contributed by atoms with Gasteiger partial charge in [-0.2, -0.15) is 0 Å². The second-order valence-electron chi connectivity index (χ2n) is 4.11. The highest BCUT2D eigenvalue weighted by molar-refractivity contribution is 5.51. The molecule has 0 amide bonds. The molecule has 4 nitrogen and oxygen atoms in total. The number of non-ortho nitro benzene ring substituents is 1. The van der Waals surface area contributed by atoms with E-state index in [4.69, 9.17) is 0 Å². The molecule has 1 aliphatic heterocycles. The molecule has 1 aromatic rings. The van der Waals surface area contributed by atoms with E-state index in [1.807, 2.05) is 26.0 Å². The van der Waals surface area contributed by atoms with Crippen molar-refractivity contribution in [2.24, 2.45) is 5.92 Å². The van der Waals surface area contributed by atoms with Crippen molar-refractivity contribution in [3.05, 3.63) is 34.4 Å². The molecule has 2 rings (SSSR count). The van der Waals surface area contributed by atoms with E-state index in [1.54, 1.807) is 12.1 Å². The Kier molecular flexibility index (Phi) is 4.94. The summed E-state index contributed by atoms with van der Waals surface area (Å²) in [5.41, 5.74) is 1.25. The molecular weight excluding hydrogens is 216 g/mol. The quantitative estimate of drug-likeness (QED) is 0.583. The van der Waals surface area contributed by atoms with Crippen LogP contribution in [-0.2, 0) is 0 Å². The lowest BCUT2D eigenvalue weighted by Crippen LogP contribution is -2.18. The van der Waals surface area contributed by atoms with Gasteiger partial charge in [-0.15, -0.1) is 0 Å². The average Bonchev–Trinajstić information content (AvgIpc) is 2.79. The van der Waals surface area contributed by atoms with Gasteiger partial charge >= 0.3 is 0 Å². The van der Waals surface area contributed by atoms with Crippen molar-refractivity contribution in [3.8, 4) is 0 Å². The highest BCUT2D eigenvalue weighted by Gasteiger charge is 2.19. The number of rotatable bonds is 2. The second kappa shape index (κ2) is 6.23. The maximum absolute atomic E-state index is 10.5. The van der Waals surface area contributed by atoms with Gasteiger partial charge in [0.15, 0.2) is 0 Å². The molecule has 0 N–H and O–H groups in total. The first kappa shape index (κ1) is 13.5. The van der Waals surface area contributed by atoms with Gasteiger partial charge in [-0.25, -0.2) is 0 Å². The third kappa shape index (κ3) is 3.44. The van der Waals surface area contributed by atoms with Crippen molar-refractivity contribution in [2.75, 3.05) is 18.0 Å². The molecule has 0 bridgehead atoms. The van der Waals surface area contributed by atoms with Crippen LogP contribution >= 0.6 is 0 Å². The standard InChI is InChI=1S/C11H14N2O2.C2H6/c1-9-6-7-12(8-9)10-2-4-11(5-3-10)13(14)15;1-2/h2-5,9H,6-8H2,1H3;1-2H3. The van der Waals surface area contributed by atoms with Gasteiger partial charge in [0.25, 0.3) is 5.69 Å². The highest BCUT2D eigenvalue weighted by atomic mass is 16.6. The van der Waals surface area contributed by atoms with Crippen molar-refractivity contribution in [1.29, 1.82) is 0 Å². The minimum atomic E-state index is -0.365. The Morgan fingerprint density at radius 2 is 1.88 bits per heavy atom. The Labute approximate surface area is 102 Å². The fourth-order valence-electron chi connectivity index (χ4n) is 1.95. The van der Waals surface area contributed by atoms with E-state index in [9.17, 15) is 10.1 Å². The van der Waals surface area contributed by atoms with Crippen LogP contribution in [0.5, 0.6) is 0 Å². The fraction of sp³-hybridized carbons (Fsp3) is 0.538. The van der Waals surface area contributed by atoms with Crippen LogP contribution in [0.2, 0.25) is 0 Å². The molecule has 0 radical (unpaired) electrons. The molecule has 1 aromatic carbocycles. The number of hydrogen-bond acceptors (Lipinski definition) is 3. The number of benzene rings is 1. The van der Waals surface area contributed by atoms with Crippen LogP contribution in [0.3, 0.4) is 0 Å². The number of anilines is 1. The zero-order valence-electron chi connectivity index (χ0n) is 10.7. The van der Waals surface area contributed by atoms with Crippen molar-refractivity contribution in [2.45, 2.75) is 27.2 Å². The summed E-state index contributed by atoms with van der Waals surface area (Å²) in [6.45, 7) is 8.34. The molecule has 4 heteroatoms. The first-order chi connectivity index (χ1) is 8.16. The van der Waals surface area contributed by atoms with Gasteiger partial charge in [0.2, 0.25) is 0 Å². The lowest BCUT2D eigenvalue weighted by Gasteiger charge is -2.17. The van der Waals surface area contributed by atoms with Gasteiger partial charge in [-0.05, 0) is 24.5 Å². The summed E-state index contributed by atoms with van der Waals surface area (Å²) in [5, 5.41) is 10.5. The topological polar surface area (TPSA) is 46.4 Å². The van der Waals surface area contributed by atoms with Crippen molar-refractivity contribution in [1.82, 2.24) is 0 Å². The first-order valence-corrected chi connectivity index (χ1v) is 6.16. The van der Waals surface area contributed by atoms with Crippen LogP contribution in [0, 0.1) is 16.0 Å². The van der Waals surface area contributed by atoms with Crippen LogP contribution in [0.1, 0.15) is 27.2 Å². The molecule has 0 aliphatic carbocycles. The van der Waals surface area contributed by atoms with Gasteiger partial charge in [0, 0.05) is 30.9 Å². The molecule has 0 aromatic heterocycles. The number of hydrogen-bond donors (Lipinski definition) is 0. The Hall–Kier alpha value is -1.58. The van der Waals surface area contributed by atoms with Crippen LogP contribution in [0.4, 0.5) is 11.4 Å². The van der Waals surface area contributed by atoms with Crippen molar-refractivity contribution >= 4 is 11.4 Å². The average molecular weight is 236 g/mol. The maximum Gasteiger partial charge on any atom is 0.269 e. The Balaban J connectivity index is 0.000000686. The molecule has 1 fully saturated rings. The summed E-state index contributed by atoms with van der Waals surface area (Å²) >= 11 is 0. The van der Waals surface area contributed by atoms with E-state index >= 15 is 0 Å². The number of nitrogens with zero attached hydrogens (tertiary/aromatic N) is 2. The van der Waals surface area contributed by atoms with Gasteiger partial charge in [0.1, 0.15) is 0 Å². The lowest BCUT2D eigenvalue weighted by molar-refractivity contribution is -0.384. The lowest BCUT2D eigenvalue weighted by atomic mass is 10.2. The van der Waals surface area contributed by atoms with Gasteiger partial charge in [-0.3, -0.25) is 10.1 Å².